The highest BCUT2D eigenvalue weighted by Crippen LogP contribution is 2.22. The van der Waals surface area contributed by atoms with Gasteiger partial charge in [0.1, 0.15) is 5.75 Å². The molecule has 0 aromatic heterocycles. The van der Waals surface area contributed by atoms with Gasteiger partial charge in [0.2, 0.25) is 0 Å². The lowest BCUT2D eigenvalue weighted by Crippen LogP contribution is -2.30. The van der Waals surface area contributed by atoms with E-state index >= 15 is 0 Å². The first-order valence-corrected chi connectivity index (χ1v) is 8.21. The van der Waals surface area contributed by atoms with Crippen molar-refractivity contribution >= 4 is 28.3 Å². The van der Waals surface area contributed by atoms with Crippen LogP contribution in [-0.4, -0.2) is 25.1 Å². The fourth-order valence-electron chi connectivity index (χ4n) is 2.58. The molecule has 0 fully saturated rings. The highest BCUT2D eigenvalue weighted by molar-refractivity contribution is 5.96. The van der Waals surface area contributed by atoms with Crippen LogP contribution < -0.4 is 10.1 Å². The third-order valence-electron chi connectivity index (χ3n) is 3.95. The van der Waals surface area contributed by atoms with E-state index in [0.29, 0.717) is 17.0 Å². The summed E-state index contributed by atoms with van der Waals surface area (Å²) in [5.41, 5.74) is 0.875. The monoisotopic (exact) mass is 349 g/mol. The van der Waals surface area contributed by atoms with Gasteiger partial charge in [0.05, 0.1) is 12.7 Å². The van der Waals surface area contributed by atoms with Crippen LogP contribution >= 0.6 is 0 Å². The maximum atomic E-state index is 12.4. The highest BCUT2D eigenvalue weighted by atomic mass is 16.5. The molecule has 5 heteroatoms. The number of fused-ring (bicyclic) bond motifs is 1. The molecule has 1 N–H and O–H groups in total. The quantitative estimate of drug-likeness (QED) is 0.706. The molecule has 0 heterocycles. The number of ether oxygens (including phenoxy) is 2. The van der Waals surface area contributed by atoms with Crippen molar-refractivity contribution < 1.29 is 19.1 Å². The second kappa shape index (κ2) is 7.70. The molecular weight excluding hydrogens is 330 g/mol. The Hall–Kier alpha value is -3.34. The van der Waals surface area contributed by atoms with Gasteiger partial charge >= 0.3 is 5.97 Å². The SMILES string of the molecule is COC(=O)c1cccc(NC(=O)[C@@H](C)Oc2ccc3ccccc3c2)c1. The van der Waals surface area contributed by atoms with Crippen LogP contribution in [0.1, 0.15) is 17.3 Å². The number of rotatable bonds is 5. The zero-order valence-corrected chi connectivity index (χ0v) is 14.6. The van der Waals surface area contributed by atoms with Crippen LogP contribution in [0.25, 0.3) is 10.8 Å². The van der Waals surface area contributed by atoms with Crippen molar-refractivity contribution in [2.45, 2.75) is 13.0 Å². The number of nitrogens with one attached hydrogen (secondary N) is 1. The lowest BCUT2D eigenvalue weighted by atomic mass is 10.1. The van der Waals surface area contributed by atoms with E-state index in [9.17, 15) is 9.59 Å². The third-order valence-corrected chi connectivity index (χ3v) is 3.95. The van der Waals surface area contributed by atoms with E-state index in [0.717, 1.165) is 10.8 Å². The normalized spacial score (nSPS) is 11.6. The summed E-state index contributed by atoms with van der Waals surface area (Å²) in [6.07, 6.45) is -0.696. The van der Waals surface area contributed by atoms with Crippen LogP contribution in [0.15, 0.2) is 66.7 Å². The molecule has 0 radical (unpaired) electrons. The molecule has 5 nitrogen and oxygen atoms in total. The molecule has 3 aromatic carbocycles. The number of carbonyl (C=O) groups excluding carboxylic acids is 2. The third kappa shape index (κ3) is 4.00. The van der Waals surface area contributed by atoms with Gasteiger partial charge in [-0.3, -0.25) is 4.79 Å². The number of benzene rings is 3. The summed E-state index contributed by atoms with van der Waals surface area (Å²) in [5, 5.41) is 4.90. The predicted molar refractivity (Wildman–Crippen MR) is 100 cm³/mol. The molecule has 3 aromatic rings. The summed E-state index contributed by atoms with van der Waals surface area (Å²) in [6, 6.07) is 20.2. The number of esters is 1. The van der Waals surface area contributed by atoms with Crippen LogP contribution in [0, 0.1) is 0 Å². The van der Waals surface area contributed by atoms with E-state index in [-0.39, 0.29) is 5.91 Å². The first kappa shape index (κ1) is 17.5. The summed E-state index contributed by atoms with van der Waals surface area (Å²) < 4.78 is 10.4. The minimum absolute atomic E-state index is 0.305. The van der Waals surface area contributed by atoms with Crippen molar-refractivity contribution in [2.24, 2.45) is 0 Å². The van der Waals surface area contributed by atoms with Crippen molar-refractivity contribution in [3.8, 4) is 5.75 Å². The lowest BCUT2D eigenvalue weighted by molar-refractivity contribution is -0.122. The number of carbonyl (C=O) groups is 2. The molecule has 0 bridgehead atoms. The van der Waals surface area contributed by atoms with E-state index in [1.165, 1.54) is 7.11 Å². The van der Waals surface area contributed by atoms with Crippen molar-refractivity contribution in [2.75, 3.05) is 12.4 Å². The van der Waals surface area contributed by atoms with Crippen LogP contribution in [0.3, 0.4) is 0 Å². The van der Waals surface area contributed by atoms with E-state index < -0.39 is 12.1 Å². The minimum Gasteiger partial charge on any atom is -0.481 e. The van der Waals surface area contributed by atoms with Crippen LogP contribution in [0.2, 0.25) is 0 Å². The van der Waals surface area contributed by atoms with E-state index in [4.69, 9.17) is 4.74 Å². The molecule has 1 amide bonds. The Labute approximate surface area is 151 Å². The van der Waals surface area contributed by atoms with Crippen molar-refractivity contribution in [3.05, 3.63) is 72.3 Å². The highest BCUT2D eigenvalue weighted by Gasteiger charge is 2.16. The molecule has 0 aliphatic heterocycles. The van der Waals surface area contributed by atoms with Gasteiger partial charge in [-0.05, 0) is 48.0 Å². The first-order valence-electron chi connectivity index (χ1n) is 8.21. The van der Waals surface area contributed by atoms with E-state index in [1.807, 2.05) is 42.5 Å². The Kier molecular flexibility index (Phi) is 5.17. The zero-order valence-electron chi connectivity index (χ0n) is 14.6. The zero-order chi connectivity index (χ0) is 18.5. The maximum absolute atomic E-state index is 12.4. The summed E-state index contributed by atoms with van der Waals surface area (Å²) in [5.74, 6) is -0.142. The molecule has 3 rings (SSSR count). The minimum atomic E-state index is -0.696. The van der Waals surface area contributed by atoms with Crippen LogP contribution in [0.4, 0.5) is 5.69 Å². The average Bonchev–Trinajstić information content (AvgIpc) is 2.67. The van der Waals surface area contributed by atoms with Gasteiger partial charge in [0, 0.05) is 5.69 Å². The fraction of sp³-hybridized carbons (Fsp3) is 0.143. The van der Waals surface area contributed by atoms with Gasteiger partial charge in [0.25, 0.3) is 5.91 Å². The average molecular weight is 349 g/mol. The van der Waals surface area contributed by atoms with Crippen molar-refractivity contribution in [1.29, 1.82) is 0 Å². The lowest BCUT2D eigenvalue weighted by Gasteiger charge is -2.15. The Morgan fingerprint density at radius 3 is 2.46 bits per heavy atom. The van der Waals surface area contributed by atoms with Crippen LogP contribution in [0.5, 0.6) is 5.75 Å². The summed E-state index contributed by atoms with van der Waals surface area (Å²) in [6.45, 7) is 1.68. The number of hydrogen-bond donors (Lipinski definition) is 1. The summed E-state index contributed by atoms with van der Waals surface area (Å²) in [4.78, 5) is 24.0. The summed E-state index contributed by atoms with van der Waals surface area (Å²) >= 11 is 0. The first-order chi connectivity index (χ1) is 12.6. The Bertz CT molecular complexity index is 951. The Balaban J connectivity index is 1.68. The fourth-order valence-corrected chi connectivity index (χ4v) is 2.58. The molecule has 1 atom stereocenters. The van der Waals surface area contributed by atoms with Gasteiger partial charge in [-0.2, -0.15) is 0 Å². The summed E-state index contributed by atoms with van der Waals surface area (Å²) in [7, 11) is 1.31. The van der Waals surface area contributed by atoms with Gasteiger partial charge in [-0.1, -0.05) is 36.4 Å². The molecule has 0 saturated carbocycles. The molecule has 26 heavy (non-hydrogen) atoms. The number of amides is 1. The van der Waals surface area contributed by atoms with Gasteiger partial charge in [-0.15, -0.1) is 0 Å². The Morgan fingerprint density at radius 1 is 0.923 bits per heavy atom. The van der Waals surface area contributed by atoms with Gasteiger partial charge in [-0.25, -0.2) is 4.79 Å². The van der Waals surface area contributed by atoms with Crippen molar-refractivity contribution in [3.63, 3.8) is 0 Å². The van der Waals surface area contributed by atoms with Crippen LogP contribution in [-0.2, 0) is 9.53 Å². The van der Waals surface area contributed by atoms with Crippen molar-refractivity contribution in [1.82, 2.24) is 0 Å². The Morgan fingerprint density at radius 2 is 1.69 bits per heavy atom. The molecule has 0 spiro atoms. The molecule has 0 aliphatic rings. The molecule has 0 saturated heterocycles. The molecule has 132 valence electrons. The van der Waals surface area contributed by atoms with E-state index in [2.05, 4.69) is 10.1 Å². The topological polar surface area (TPSA) is 64.6 Å². The molecular formula is C21H19NO4. The molecule has 0 aliphatic carbocycles. The second-order valence-corrected chi connectivity index (χ2v) is 5.83. The second-order valence-electron chi connectivity index (χ2n) is 5.83. The predicted octanol–water partition coefficient (Wildman–Crippen LogP) is 4.03. The number of anilines is 1. The standard InChI is InChI=1S/C21H19NO4/c1-14(26-19-11-10-15-6-3-4-7-16(15)13-19)20(23)22-18-9-5-8-17(12-18)21(24)25-2/h3-14H,1-2H3,(H,22,23)/t14-/m1/s1. The number of hydrogen-bond acceptors (Lipinski definition) is 4. The maximum Gasteiger partial charge on any atom is 0.337 e. The van der Waals surface area contributed by atoms with E-state index in [1.54, 1.807) is 31.2 Å². The van der Waals surface area contributed by atoms with Gasteiger partial charge in [0.15, 0.2) is 6.10 Å². The largest absolute Gasteiger partial charge is 0.481 e. The number of methoxy groups -OCH3 is 1. The van der Waals surface area contributed by atoms with Gasteiger partial charge < -0.3 is 14.8 Å². The molecule has 0 unspecified atom stereocenters. The smallest absolute Gasteiger partial charge is 0.337 e.